The number of aromatic amines is 1. The van der Waals surface area contributed by atoms with Crippen molar-refractivity contribution < 1.29 is 0 Å². The molecule has 1 aromatic heterocycles. The SMILES string of the molecule is O=c1[nH]cnc(N2CCC(N3CCCC3)C2)c1I. The normalized spacial score (nSPS) is 24.9. The summed E-state index contributed by atoms with van der Waals surface area (Å²) >= 11 is 2.09. The van der Waals surface area contributed by atoms with Gasteiger partial charge in [0.15, 0.2) is 0 Å². The van der Waals surface area contributed by atoms with Crippen LogP contribution in [0.2, 0.25) is 0 Å². The van der Waals surface area contributed by atoms with Crippen LogP contribution >= 0.6 is 22.6 Å². The highest BCUT2D eigenvalue weighted by Gasteiger charge is 2.30. The molecule has 98 valence electrons. The number of hydrogen-bond donors (Lipinski definition) is 1. The number of rotatable bonds is 2. The summed E-state index contributed by atoms with van der Waals surface area (Å²) in [6.07, 6.45) is 5.35. The molecule has 2 fully saturated rings. The highest BCUT2D eigenvalue weighted by atomic mass is 127. The van der Waals surface area contributed by atoms with Crippen LogP contribution in [0.4, 0.5) is 5.82 Å². The first-order valence-electron chi connectivity index (χ1n) is 6.48. The molecule has 3 rings (SSSR count). The lowest BCUT2D eigenvalue weighted by Gasteiger charge is -2.24. The van der Waals surface area contributed by atoms with Crippen LogP contribution in [0.25, 0.3) is 0 Å². The van der Waals surface area contributed by atoms with Gasteiger partial charge in [0.25, 0.3) is 5.56 Å². The molecule has 2 aliphatic rings. The minimum Gasteiger partial charge on any atom is -0.354 e. The van der Waals surface area contributed by atoms with E-state index in [0.29, 0.717) is 9.61 Å². The van der Waals surface area contributed by atoms with Crippen molar-refractivity contribution in [3.63, 3.8) is 0 Å². The van der Waals surface area contributed by atoms with Gasteiger partial charge in [-0.2, -0.15) is 0 Å². The Morgan fingerprint density at radius 3 is 2.89 bits per heavy atom. The Morgan fingerprint density at radius 1 is 1.33 bits per heavy atom. The summed E-state index contributed by atoms with van der Waals surface area (Å²) in [6, 6.07) is 0.643. The first-order valence-corrected chi connectivity index (χ1v) is 7.56. The molecule has 6 heteroatoms. The van der Waals surface area contributed by atoms with Crippen molar-refractivity contribution >= 4 is 28.4 Å². The maximum absolute atomic E-state index is 11.6. The third kappa shape index (κ3) is 2.27. The Kier molecular flexibility index (Phi) is 3.56. The van der Waals surface area contributed by atoms with Crippen LogP contribution in [0.5, 0.6) is 0 Å². The van der Waals surface area contributed by atoms with E-state index in [1.165, 1.54) is 38.7 Å². The number of nitrogens with zero attached hydrogens (tertiary/aromatic N) is 3. The number of likely N-dealkylation sites (tertiary alicyclic amines) is 1. The van der Waals surface area contributed by atoms with Gasteiger partial charge in [0.1, 0.15) is 9.39 Å². The molecule has 5 nitrogen and oxygen atoms in total. The first kappa shape index (κ1) is 12.4. The average molecular weight is 360 g/mol. The minimum atomic E-state index is -0.0368. The first-order chi connectivity index (χ1) is 8.75. The van der Waals surface area contributed by atoms with Gasteiger partial charge in [-0.05, 0) is 54.9 Å². The van der Waals surface area contributed by atoms with Gasteiger partial charge in [-0.1, -0.05) is 0 Å². The second kappa shape index (κ2) is 5.16. The highest BCUT2D eigenvalue weighted by Crippen LogP contribution is 2.25. The zero-order valence-corrected chi connectivity index (χ0v) is 12.4. The summed E-state index contributed by atoms with van der Waals surface area (Å²) in [5.41, 5.74) is -0.0368. The minimum absolute atomic E-state index is 0.0368. The number of nitrogens with one attached hydrogen (secondary N) is 1. The number of aromatic nitrogens is 2. The van der Waals surface area contributed by atoms with Gasteiger partial charge < -0.3 is 9.88 Å². The second-order valence-electron chi connectivity index (χ2n) is 5.00. The van der Waals surface area contributed by atoms with Crippen LogP contribution in [0.3, 0.4) is 0 Å². The number of halogens is 1. The topological polar surface area (TPSA) is 52.2 Å². The van der Waals surface area contributed by atoms with E-state index in [9.17, 15) is 4.79 Å². The van der Waals surface area contributed by atoms with E-state index in [4.69, 9.17) is 0 Å². The Morgan fingerprint density at radius 2 is 2.11 bits per heavy atom. The fourth-order valence-electron chi connectivity index (χ4n) is 2.93. The van der Waals surface area contributed by atoms with Crippen molar-refractivity contribution in [3.05, 3.63) is 20.3 Å². The third-order valence-electron chi connectivity index (χ3n) is 3.90. The average Bonchev–Trinajstić information content (AvgIpc) is 3.01. The lowest BCUT2D eigenvalue weighted by Crippen LogP contribution is -2.36. The molecule has 0 saturated carbocycles. The van der Waals surface area contributed by atoms with Crippen molar-refractivity contribution in [3.8, 4) is 0 Å². The molecule has 2 saturated heterocycles. The van der Waals surface area contributed by atoms with Crippen LogP contribution in [-0.4, -0.2) is 47.1 Å². The Bertz CT molecular complexity index is 483. The van der Waals surface area contributed by atoms with Gasteiger partial charge >= 0.3 is 0 Å². The molecule has 3 heterocycles. The van der Waals surface area contributed by atoms with E-state index in [0.717, 1.165) is 18.9 Å². The molecule has 0 bridgehead atoms. The maximum Gasteiger partial charge on any atom is 0.266 e. The predicted molar refractivity (Wildman–Crippen MR) is 79.0 cm³/mol. The smallest absolute Gasteiger partial charge is 0.266 e. The molecule has 1 aromatic rings. The van der Waals surface area contributed by atoms with Crippen molar-refractivity contribution in [2.24, 2.45) is 0 Å². The molecular weight excluding hydrogens is 343 g/mol. The van der Waals surface area contributed by atoms with E-state index in [1.807, 2.05) is 0 Å². The van der Waals surface area contributed by atoms with Crippen LogP contribution in [0.15, 0.2) is 11.1 Å². The van der Waals surface area contributed by atoms with Gasteiger partial charge in [0.05, 0.1) is 6.33 Å². The number of hydrogen-bond acceptors (Lipinski definition) is 4. The van der Waals surface area contributed by atoms with Gasteiger partial charge in [-0.15, -0.1) is 0 Å². The highest BCUT2D eigenvalue weighted by molar-refractivity contribution is 14.1. The van der Waals surface area contributed by atoms with Crippen LogP contribution in [-0.2, 0) is 0 Å². The van der Waals surface area contributed by atoms with E-state index in [2.05, 4.69) is 42.4 Å². The Hall–Kier alpha value is -0.630. The van der Waals surface area contributed by atoms with Crippen LogP contribution < -0.4 is 10.5 Å². The zero-order valence-electron chi connectivity index (χ0n) is 10.2. The van der Waals surface area contributed by atoms with Gasteiger partial charge in [0.2, 0.25) is 0 Å². The lowest BCUT2D eigenvalue weighted by molar-refractivity contribution is 0.260. The second-order valence-corrected chi connectivity index (χ2v) is 6.08. The summed E-state index contributed by atoms with van der Waals surface area (Å²) in [6.45, 7) is 4.48. The fourth-order valence-corrected chi connectivity index (χ4v) is 3.57. The van der Waals surface area contributed by atoms with Crippen LogP contribution in [0.1, 0.15) is 19.3 Å². The molecule has 0 aliphatic carbocycles. The molecule has 0 aromatic carbocycles. The summed E-state index contributed by atoms with van der Waals surface area (Å²) in [5.74, 6) is 0.848. The van der Waals surface area contributed by atoms with Crippen LogP contribution in [0, 0.1) is 3.57 Å². The molecular formula is C12H17IN4O. The van der Waals surface area contributed by atoms with E-state index < -0.39 is 0 Å². The summed E-state index contributed by atoms with van der Waals surface area (Å²) < 4.78 is 0.706. The zero-order chi connectivity index (χ0) is 12.5. The molecule has 1 N–H and O–H groups in total. The van der Waals surface area contributed by atoms with Crippen molar-refractivity contribution in [1.29, 1.82) is 0 Å². The molecule has 0 spiro atoms. The molecule has 18 heavy (non-hydrogen) atoms. The summed E-state index contributed by atoms with van der Waals surface area (Å²) in [4.78, 5) is 23.4. The van der Waals surface area contributed by atoms with E-state index >= 15 is 0 Å². The third-order valence-corrected chi connectivity index (χ3v) is 4.87. The molecule has 2 aliphatic heterocycles. The molecule has 0 radical (unpaired) electrons. The summed E-state index contributed by atoms with van der Waals surface area (Å²) in [5, 5.41) is 0. The Balaban J connectivity index is 1.75. The van der Waals surface area contributed by atoms with E-state index in [1.54, 1.807) is 0 Å². The number of H-pyrrole nitrogens is 1. The maximum atomic E-state index is 11.6. The van der Waals surface area contributed by atoms with Crippen molar-refractivity contribution in [1.82, 2.24) is 14.9 Å². The van der Waals surface area contributed by atoms with Gasteiger partial charge in [-0.3, -0.25) is 9.69 Å². The monoisotopic (exact) mass is 360 g/mol. The molecule has 1 atom stereocenters. The van der Waals surface area contributed by atoms with Gasteiger partial charge in [-0.25, -0.2) is 4.98 Å². The molecule has 1 unspecified atom stereocenters. The fraction of sp³-hybridized carbons (Fsp3) is 0.667. The number of anilines is 1. The predicted octanol–water partition coefficient (Wildman–Crippen LogP) is 1.05. The van der Waals surface area contributed by atoms with Crippen molar-refractivity contribution in [2.45, 2.75) is 25.3 Å². The lowest BCUT2D eigenvalue weighted by atomic mass is 10.2. The van der Waals surface area contributed by atoms with Crippen molar-refractivity contribution in [2.75, 3.05) is 31.1 Å². The Labute approximate surface area is 120 Å². The molecule has 0 amide bonds. The van der Waals surface area contributed by atoms with E-state index in [-0.39, 0.29) is 5.56 Å². The standard InChI is InChI=1S/C12H17IN4O/c13-10-11(14-8-15-12(10)18)17-6-3-9(7-17)16-4-1-2-5-16/h8-9H,1-7H2,(H,14,15,18). The quantitative estimate of drug-likeness (QED) is 0.802. The largest absolute Gasteiger partial charge is 0.354 e. The van der Waals surface area contributed by atoms with Gasteiger partial charge in [0, 0.05) is 19.1 Å². The summed E-state index contributed by atoms with van der Waals surface area (Å²) in [7, 11) is 0.